The van der Waals surface area contributed by atoms with Gasteiger partial charge in [-0.25, -0.2) is 0 Å². The van der Waals surface area contributed by atoms with Gasteiger partial charge in [0, 0.05) is 47.2 Å². The SMILES string of the molecule is O=[N+]([O-])c1ccc(NN=C2C3C4CC5C3C(=NNc3ccc([N+](=O)[O-])cc3[N+](=O)[O-])C3C2C4C53)c([N+](=O)[O-])c1. The van der Waals surface area contributed by atoms with Crippen LogP contribution in [0.3, 0.4) is 0 Å². The van der Waals surface area contributed by atoms with Crippen molar-refractivity contribution < 1.29 is 19.7 Å². The van der Waals surface area contributed by atoms with Crippen LogP contribution in [0.2, 0.25) is 0 Å². The van der Waals surface area contributed by atoms with Crippen LogP contribution < -0.4 is 10.9 Å². The van der Waals surface area contributed by atoms with Crippen molar-refractivity contribution in [2.24, 2.45) is 57.5 Å². The molecule has 0 saturated heterocycles. The monoisotopic (exact) mass is 534 g/mol. The van der Waals surface area contributed by atoms with Crippen LogP contribution in [0.25, 0.3) is 0 Å². The maximum atomic E-state index is 11.5. The number of nitro groups is 4. The van der Waals surface area contributed by atoms with E-state index in [0.717, 1.165) is 30.0 Å². The van der Waals surface area contributed by atoms with Crippen molar-refractivity contribution in [3.63, 3.8) is 0 Å². The molecule has 0 aliphatic heterocycles. The predicted molar refractivity (Wildman–Crippen MR) is 134 cm³/mol. The molecule has 16 nitrogen and oxygen atoms in total. The minimum Gasteiger partial charge on any atom is -0.272 e. The van der Waals surface area contributed by atoms with Gasteiger partial charge in [-0.1, -0.05) is 0 Å². The molecule has 2 bridgehead atoms. The summed E-state index contributed by atoms with van der Waals surface area (Å²) in [7, 11) is 0. The first-order valence-corrected chi connectivity index (χ1v) is 12.2. The molecule has 7 rings (SSSR count). The average molecular weight is 534 g/mol. The first-order chi connectivity index (χ1) is 18.7. The number of hydrazone groups is 2. The molecule has 2 N–H and O–H groups in total. The lowest BCUT2D eigenvalue weighted by Crippen LogP contribution is -2.48. The third-order valence-electron chi connectivity index (χ3n) is 9.26. The lowest BCUT2D eigenvalue weighted by Gasteiger charge is -2.44. The molecule has 0 amide bonds. The number of fused-ring (bicyclic) bond motifs is 2. The molecule has 8 unspecified atom stereocenters. The van der Waals surface area contributed by atoms with Gasteiger partial charge in [-0.3, -0.25) is 51.3 Å². The fraction of sp³-hybridized carbons (Fsp3) is 0.391. The fourth-order valence-electron chi connectivity index (χ4n) is 8.17. The number of non-ortho nitro benzene ring substituents is 2. The van der Waals surface area contributed by atoms with Gasteiger partial charge in [0.15, 0.2) is 0 Å². The highest BCUT2D eigenvalue weighted by Gasteiger charge is 2.82. The van der Waals surface area contributed by atoms with E-state index >= 15 is 0 Å². The summed E-state index contributed by atoms with van der Waals surface area (Å²) in [6.07, 6.45) is 1.03. The van der Waals surface area contributed by atoms with Gasteiger partial charge in [-0.15, -0.1) is 0 Å². The number of nitro benzene ring substituents is 4. The molecule has 5 aliphatic rings. The van der Waals surface area contributed by atoms with E-state index in [4.69, 9.17) is 0 Å². The highest BCUT2D eigenvalue weighted by atomic mass is 16.6. The van der Waals surface area contributed by atoms with Gasteiger partial charge in [-0.05, 0) is 42.2 Å². The van der Waals surface area contributed by atoms with E-state index in [1.807, 2.05) is 0 Å². The summed E-state index contributed by atoms with van der Waals surface area (Å²) < 4.78 is 0. The van der Waals surface area contributed by atoms with Gasteiger partial charge in [0.2, 0.25) is 0 Å². The van der Waals surface area contributed by atoms with E-state index in [1.165, 1.54) is 24.3 Å². The number of hydrogen-bond acceptors (Lipinski definition) is 12. The molecular formula is C23H18N8O8. The topological polar surface area (TPSA) is 221 Å². The Kier molecular flexibility index (Phi) is 4.59. The zero-order valence-corrected chi connectivity index (χ0v) is 19.7. The molecule has 0 aromatic heterocycles. The highest BCUT2D eigenvalue weighted by molar-refractivity contribution is 6.11. The Hall–Kier alpha value is -5.02. The van der Waals surface area contributed by atoms with Gasteiger partial charge in [0.05, 0.1) is 31.8 Å². The number of nitrogens with one attached hydrogen (secondary N) is 2. The van der Waals surface area contributed by atoms with Crippen molar-refractivity contribution >= 4 is 45.5 Å². The van der Waals surface area contributed by atoms with Gasteiger partial charge < -0.3 is 0 Å². The molecule has 0 spiro atoms. The molecule has 198 valence electrons. The Morgan fingerprint density at radius 3 is 1.38 bits per heavy atom. The van der Waals surface area contributed by atoms with Gasteiger partial charge in [0.1, 0.15) is 11.4 Å². The smallest absolute Gasteiger partial charge is 0.272 e. The molecule has 5 aliphatic carbocycles. The van der Waals surface area contributed by atoms with Crippen LogP contribution in [0.5, 0.6) is 0 Å². The summed E-state index contributed by atoms with van der Waals surface area (Å²) in [5.41, 5.74) is 5.94. The molecule has 2 aromatic carbocycles. The van der Waals surface area contributed by atoms with Crippen LogP contribution in [-0.4, -0.2) is 31.1 Å². The van der Waals surface area contributed by atoms with Gasteiger partial charge >= 0.3 is 11.4 Å². The summed E-state index contributed by atoms with van der Waals surface area (Å²) in [4.78, 5) is 42.3. The Labute approximate surface area is 217 Å². The molecule has 5 fully saturated rings. The Balaban J connectivity index is 1.18. The van der Waals surface area contributed by atoms with Crippen LogP contribution in [0, 0.1) is 87.8 Å². The summed E-state index contributed by atoms with van der Waals surface area (Å²) in [6.45, 7) is 0. The normalized spacial score (nSPS) is 33.9. The second-order valence-electron chi connectivity index (χ2n) is 10.5. The van der Waals surface area contributed by atoms with E-state index < -0.39 is 31.1 Å². The van der Waals surface area contributed by atoms with Crippen LogP contribution in [0.4, 0.5) is 34.1 Å². The van der Waals surface area contributed by atoms with Crippen LogP contribution in [0.1, 0.15) is 6.42 Å². The lowest BCUT2D eigenvalue weighted by molar-refractivity contribution is -0.393. The van der Waals surface area contributed by atoms with Crippen molar-refractivity contribution in [2.45, 2.75) is 6.42 Å². The van der Waals surface area contributed by atoms with Crippen molar-refractivity contribution in [1.82, 2.24) is 0 Å². The van der Waals surface area contributed by atoms with Gasteiger partial charge in [0.25, 0.3) is 11.4 Å². The van der Waals surface area contributed by atoms with E-state index in [2.05, 4.69) is 21.1 Å². The largest absolute Gasteiger partial charge is 0.301 e. The fourth-order valence-corrected chi connectivity index (χ4v) is 8.17. The molecular weight excluding hydrogens is 516 g/mol. The van der Waals surface area contributed by atoms with Crippen molar-refractivity contribution in [3.05, 3.63) is 76.9 Å². The number of rotatable bonds is 8. The lowest BCUT2D eigenvalue weighted by atomic mass is 9.59. The second kappa shape index (κ2) is 7.75. The number of anilines is 2. The summed E-state index contributed by atoms with van der Waals surface area (Å²) in [6, 6.07) is 6.72. The minimum atomic E-state index is -0.696. The number of nitrogens with zero attached hydrogens (tertiary/aromatic N) is 6. The maximum Gasteiger partial charge on any atom is 0.301 e. The Morgan fingerprint density at radius 2 is 1.03 bits per heavy atom. The first kappa shape index (κ1) is 23.1. The number of benzene rings is 2. The van der Waals surface area contributed by atoms with E-state index in [-0.39, 0.29) is 46.4 Å². The molecule has 2 aromatic rings. The predicted octanol–water partition coefficient (Wildman–Crippen LogP) is 3.94. The van der Waals surface area contributed by atoms with Crippen LogP contribution in [-0.2, 0) is 0 Å². The van der Waals surface area contributed by atoms with E-state index in [9.17, 15) is 40.5 Å². The van der Waals surface area contributed by atoms with Crippen molar-refractivity contribution in [2.75, 3.05) is 10.9 Å². The molecule has 0 heterocycles. The third kappa shape index (κ3) is 2.98. The summed E-state index contributed by atoms with van der Waals surface area (Å²) in [5, 5.41) is 54.3. The highest BCUT2D eigenvalue weighted by Crippen LogP contribution is 2.81. The zero-order valence-electron chi connectivity index (χ0n) is 19.7. The quantitative estimate of drug-likeness (QED) is 0.366. The second-order valence-corrected chi connectivity index (χ2v) is 10.5. The van der Waals surface area contributed by atoms with Crippen LogP contribution >= 0.6 is 0 Å². The summed E-state index contributed by atoms with van der Waals surface area (Å²) in [5.74, 6) is 2.16. The molecule has 8 atom stereocenters. The Bertz CT molecular complexity index is 1470. The third-order valence-corrected chi connectivity index (χ3v) is 9.26. The van der Waals surface area contributed by atoms with Crippen LogP contribution in [0.15, 0.2) is 46.6 Å². The zero-order chi connectivity index (χ0) is 27.3. The molecule has 39 heavy (non-hydrogen) atoms. The average Bonchev–Trinajstić information content (AvgIpc) is 3.44. The number of hydrogen-bond donors (Lipinski definition) is 2. The molecule has 5 saturated carbocycles. The molecule has 0 radical (unpaired) electrons. The van der Waals surface area contributed by atoms with Crippen molar-refractivity contribution in [1.29, 1.82) is 0 Å². The maximum absolute atomic E-state index is 11.5. The van der Waals surface area contributed by atoms with Gasteiger partial charge in [-0.2, -0.15) is 10.2 Å². The van der Waals surface area contributed by atoms with E-state index in [1.54, 1.807) is 0 Å². The van der Waals surface area contributed by atoms with E-state index in [0.29, 0.717) is 23.7 Å². The molecule has 16 heteroatoms. The minimum absolute atomic E-state index is 0.0671. The first-order valence-electron chi connectivity index (χ1n) is 12.2. The Morgan fingerprint density at radius 1 is 0.615 bits per heavy atom. The standard InChI is InChI=1S/C23H18N8O8/c32-28(33)8-1-3-12(14(5-8)30(36)37)24-26-22-18-10-7-11-17-16(10)20(22)21(17)23(19(11)18)27-25-13-4-2-9(29(34)35)6-15(13)31(38)39/h1-6,10-11,16-21,24-25H,7H2. The summed E-state index contributed by atoms with van der Waals surface area (Å²) >= 11 is 0. The van der Waals surface area contributed by atoms with Crippen molar-refractivity contribution in [3.8, 4) is 0 Å².